The molecule has 0 rings (SSSR count). The van der Waals surface area contributed by atoms with Crippen LogP contribution in [-0.2, 0) is 14.3 Å². The zero-order valence-electron chi connectivity index (χ0n) is 9.84. The summed E-state index contributed by atoms with van der Waals surface area (Å²) in [7, 11) is 0. The second-order valence-corrected chi connectivity index (χ2v) is 3.51. The van der Waals surface area contributed by atoms with E-state index in [1.165, 1.54) is 0 Å². The van der Waals surface area contributed by atoms with E-state index < -0.39 is 0 Å². The fourth-order valence-corrected chi connectivity index (χ4v) is 1.04. The smallest absolute Gasteiger partial charge is 0.305 e. The minimum absolute atomic E-state index is 0.0487. The molecule has 0 bridgehead atoms. The molecule has 0 saturated heterocycles. The predicted octanol–water partition coefficient (Wildman–Crippen LogP) is 1.49. The molecule has 0 aromatic rings. The van der Waals surface area contributed by atoms with Crippen LogP contribution in [0.25, 0.3) is 0 Å². The number of hydrogen-bond donors (Lipinski definition) is 1. The van der Waals surface area contributed by atoms with Gasteiger partial charge in [0.05, 0.1) is 6.61 Å². The van der Waals surface area contributed by atoms with Crippen molar-refractivity contribution >= 4 is 11.9 Å². The van der Waals surface area contributed by atoms with Gasteiger partial charge in [-0.05, 0) is 19.8 Å². The number of amides is 1. The predicted molar refractivity (Wildman–Crippen MR) is 58.3 cm³/mol. The van der Waals surface area contributed by atoms with Crippen LogP contribution < -0.4 is 5.32 Å². The first-order valence-corrected chi connectivity index (χ1v) is 5.55. The van der Waals surface area contributed by atoms with Crippen LogP contribution in [0.15, 0.2) is 0 Å². The molecule has 1 unspecified atom stereocenters. The molecular weight excluding hydrogens is 194 g/mol. The van der Waals surface area contributed by atoms with E-state index in [1.807, 2.05) is 13.8 Å². The lowest BCUT2D eigenvalue weighted by molar-refractivity contribution is -0.143. The number of esters is 1. The summed E-state index contributed by atoms with van der Waals surface area (Å²) < 4.78 is 4.77. The third-order valence-electron chi connectivity index (χ3n) is 2.22. The number of ether oxygens (including phenoxy) is 1. The Bertz CT molecular complexity index is 204. The van der Waals surface area contributed by atoms with Gasteiger partial charge in [-0.3, -0.25) is 9.59 Å². The van der Waals surface area contributed by atoms with Gasteiger partial charge in [-0.25, -0.2) is 0 Å². The van der Waals surface area contributed by atoms with Gasteiger partial charge in [-0.2, -0.15) is 0 Å². The first kappa shape index (κ1) is 13.9. The van der Waals surface area contributed by atoms with Crippen molar-refractivity contribution in [1.82, 2.24) is 5.32 Å². The number of rotatable bonds is 7. The van der Waals surface area contributed by atoms with Crippen LogP contribution >= 0.6 is 0 Å². The van der Waals surface area contributed by atoms with Gasteiger partial charge in [-0.1, -0.05) is 13.8 Å². The second kappa shape index (κ2) is 8.26. The summed E-state index contributed by atoms with van der Waals surface area (Å²) in [6.45, 7) is 6.60. The molecule has 0 aromatic carbocycles. The van der Waals surface area contributed by atoms with E-state index in [0.717, 1.165) is 6.42 Å². The lowest BCUT2D eigenvalue weighted by Crippen LogP contribution is -2.30. The molecule has 1 amide bonds. The first-order chi connectivity index (χ1) is 7.11. The Hall–Kier alpha value is -1.06. The highest BCUT2D eigenvalue weighted by Crippen LogP contribution is 1.99. The highest BCUT2D eigenvalue weighted by Gasteiger charge is 2.09. The monoisotopic (exact) mass is 215 g/mol. The maximum atomic E-state index is 11.3. The molecule has 0 saturated carbocycles. The molecule has 0 aliphatic rings. The summed E-state index contributed by atoms with van der Waals surface area (Å²) in [5.74, 6) is -0.0933. The highest BCUT2D eigenvalue weighted by molar-refractivity contribution is 5.78. The summed E-state index contributed by atoms with van der Waals surface area (Å²) >= 11 is 0. The minimum atomic E-state index is -0.199. The van der Waals surface area contributed by atoms with E-state index in [1.54, 1.807) is 6.92 Å². The van der Waals surface area contributed by atoms with Crippen LogP contribution in [0.5, 0.6) is 0 Å². The number of hydrogen-bond acceptors (Lipinski definition) is 3. The van der Waals surface area contributed by atoms with Gasteiger partial charge in [-0.15, -0.1) is 0 Å². The Kier molecular flexibility index (Phi) is 7.68. The molecule has 4 heteroatoms. The normalized spacial score (nSPS) is 11.9. The minimum Gasteiger partial charge on any atom is -0.466 e. The Morgan fingerprint density at radius 2 is 2.00 bits per heavy atom. The zero-order valence-corrected chi connectivity index (χ0v) is 9.84. The Labute approximate surface area is 91.4 Å². The van der Waals surface area contributed by atoms with Gasteiger partial charge in [0.2, 0.25) is 5.91 Å². The Balaban J connectivity index is 3.46. The fraction of sp³-hybridized carbons (Fsp3) is 0.818. The van der Waals surface area contributed by atoms with Gasteiger partial charge < -0.3 is 10.1 Å². The van der Waals surface area contributed by atoms with Crippen LogP contribution in [0, 0.1) is 5.92 Å². The maximum absolute atomic E-state index is 11.3. The molecule has 0 fully saturated rings. The van der Waals surface area contributed by atoms with E-state index >= 15 is 0 Å². The van der Waals surface area contributed by atoms with Crippen LogP contribution in [0.2, 0.25) is 0 Å². The lowest BCUT2D eigenvalue weighted by Gasteiger charge is -2.09. The topological polar surface area (TPSA) is 55.4 Å². The van der Waals surface area contributed by atoms with Gasteiger partial charge in [0, 0.05) is 18.9 Å². The summed E-state index contributed by atoms with van der Waals surface area (Å²) in [5, 5.41) is 2.78. The third-order valence-corrected chi connectivity index (χ3v) is 2.22. The van der Waals surface area contributed by atoms with Gasteiger partial charge >= 0.3 is 5.97 Å². The van der Waals surface area contributed by atoms with Crippen LogP contribution in [0.1, 0.15) is 40.0 Å². The van der Waals surface area contributed by atoms with Crippen molar-refractivity contribution in [3.8, 4) is 0 Å². The van der Waals surface area contributed by atoms with Crippen molar-refractivity contribution in [2.75, 3.05) is 13.2 Å². The molecule has 0 heterocycles. The van der Waals surface area contributed by atoms with Crippen molar-refractivity contribution in [1.29, 1.82) is 0 Å². The van der Waals surface area contributed by atoms with E-state index in [-0.39, 0.29) is 17.8 Å². The van der Waals surface area contributed by atoms with Crippen molar-refractivity contribution in [2.24, 2.45) is 5.92 Å². The maximum Gasteiger partial charge on any atom is 0.305 e. The summed E-state index contributed by atoms with van der Waals surface area (Å²) in [5.41, 5.74) is 0. The molecule has 15 heavy (non-hydrogen) atoms. The summed E-state index contributed by atoms with van der Waals surface area (Å²) in [4.78, 5) is 22.3. The standard InChI is InChI=1S/C11H21NO3/c1-4-9(3)11(14)12-8-6-7-10(13)15-5-2/h9H,4-8H2,1-3H3,(H,12,14). The first-order valence-electron chi connectivity index (χ1n) is 5.55. The average Bonchev–Trinajstić information content (AvgIpc) is 2.23. The highest BCUT2D eigenvalue weighted by atomic mass is 16.5. The number of carbonyl (C=O) groups excluding carboxylic acids is 2. The van der Waals surface area contributed by atoms with Crippen molar-refractivity contribution < 1.29 is 14.3 Å². The number of carbonyl (C=O) groups is 2. The molecule has 0 spiro atoms. The number of nitrogens with one attached hydrogen (secondary N) is 1. The van der Waals surface area contributed by atoms with E-state index in [4.69, 9.17) is 4.74 Å². The molecule has 0 radical (unpaired) electrons. The summed E-state index contributed by atoms with van der Waals surface area (Å²) in [6, 6.07) is 0. The molecule has 0 aliphatic heterocycles. The van der Waals surface area contributed by atoms with E-state index in [0.29, 0.717) is 26.0 Å². The molecule has 0 aromatic heterocycles. The van der Waals surface area contributed by atoms with Crippen molar-refractivity contribution in [3.05, 3.63) is 0 Å². The van der Waals surface area contributed by atoms with Gasteiger partial charge in [0.25, 0.3) is 0 Å². The SMILES string of the molecule is CCOC(=O)CCCNC(=O)C(C)CC. The Morgan fingerprint density at radius 3 is 2.53 bits per heavy atom. The molecule has 1 atom stereocenters. The zero-order chi connectivity index (χ0) is 11.7. The molecule has 1 N–H and O–H groups in total. The van der Waals surface area contributed by atoms with E-state index in [2.05, 4.69) is 5.32 Å². The van der Waals surface area contributed by atoms with Crippen LogP contribution in [-0.4, -0.2) is 25.0 Å². The molecule has 88 valence electrons. The van der Waals surface area contributed by atoms with E-state index in [9.17, 15) is 9.59 Å². The Morgan fingerprint density at radius 1 is 1.33 bits per heavy atom. The molecular formula is C11H21NO3. The second-order valence-electron chi connectivity index (χ2n) is 3.51. The van der Waals surface area contributed by atoms with Gasteiger partial charge in [0.1, 0.15) is 0 Å². The fourth-order valence-electron chi connectivity index (χ4n) is 1.04. The quantitative estimate of drug-likeness (QED) is 0.517. The molecule has 0 aliphatic carbocycles. The third kappa shape index (κ3) is 6.94. The summed E-state index contributed by atoms with van der Waals surface area (Å²) in [6.07, 6.45) is 1.85. The largest absolute Gasteiger partial charge is 0.466 e. The van der Waals surface area contributed by atoms with Gasteiger partial charge in [0.15, 0.2) is 0 Å². The van der Waals surface area contributed by atoms with Crippen LogP contribution in [0.4, 0.5) is 0 Å². The van der Waals surface area contributed by atoms with Crippen molar-refractivity contribution in [3.63, 3.8) is 0 Å². The van der Waals surface area contributed by atoms with Crippen molar-refractivity contribution in [2.45, 2.75) is 40.0 Å². The average molecular weight is 215 g/mol. The lowest BCUT2D eigenvalue weighted by atomic mass is 10.1. The van der Waals surface area contributed by atoms with Crippen LogP contribution in [0.3, 0.4) is 0 Å². The molecule has 4 nitrogen and oxygen atoms in total.